The number of benzene rings is 1. The molecular weight excluding hydrogens is 330 g/mol. The third-order valence-electron chi connectivity index (χ3n) is 4.34. The molecule has 0 radical (unpaired) electrons. The quantitative estimate of drug-likeness (QED) is 0.893. The highest BCUT2D eigenvalue weighted by molar-refractivity contribution is 5.98. The molecule has 6 nitrogen and oxygen atoms in total. The third kappa shape index (κ3) is 4.02. The number of pyridine rings is 1. The highest BCUT2D eigenvalue weighted by Gasteiger charge is 2.35. The second kappa shape index (κ2) is 7.99. The van der Waals surface area contributed by atoms with Gasteiger partial charge >= 0.3 is 0 Å². The summed E-state index contributed by atoms with van der Waals surface area (Å²) in [4.78, 5) is 30.8. The van der Waals surface area contributed by atoms with Crippen molar-refractivity contribution < 1.29 is 14.3 Å². The maximum atomic E-state index is 12.8. The second-order valence-electron chi connectivity index (χ2n) is 6.62. The van der Waals surface area contributed by atoms with Gasteiger partial charge in [-0.3, -0.25) is 14.6 Å². The van der Waals surface area contributed by atoms with Gasteiger partial charge in [0.2, 0.25) is 11.8 Å². The maximum Gasteiger partial charge on any atom is 0.247 e. The molecule has 136 valence electrons. The lowest BCUT2D eigenvalue weighted by atomic mass is 10.1. The van der Waals surface area contributed by atoms with Gasteiger partial charge in [-0.25, -0.2) is 0 Å². The number of rotatable bonds is 5. The number of nitrogens with one attached hydrogen (secondary N) is 1. The molecule has 0 saturated carbocycles. The van der Waals surface area contributed by atoms with E-state index in [-0.39, 0.29) is 17.7 Å². The molecule has 1 aliphatic rings. The van der Waals surface area contributed by atoms with Crippen LogP contribution < -0.4 is 10.1 Å². The maximum absolute atomic E-state index is 12.8. The molecule has 2 heterocycles. The monoisotopic (exact) mass is 353 g/mol. The Labute approximate surface area is 153 Å². The Hall–Kier alpha value is -2.89. The van der Waals surface area contributed by atoms with Gasteiger partial charge in [0.1, 0.15) is 11.8 Å². The standard InChI is InChI=1S/C20H23N3O3/c1-14(2)20(25)23-12-6-9-17(23)19(24)22-16-8-3-4-10-18(16)26-15-7-5-11-21-13-15/h3-5,7-8,10-11,13-14,17H,6,9,12H2,1-2H3,(H,22,24). The van der Waals surface area contributed by atoms with E-state index >= 15 is 0 Å². The molecule has 1 fully saturated rings. The van der Waals surface area contributed by atoms with Crippen molar-refractivity contribution in [2.24, 2.45) is 5.92 Å². The average Bonchev–Trinajstić information content (AvgIpc) is 3.13. The van der Waals surface area contributed by atoms with E-state index < -0.39 is 6.04 Å². The normalized spacial score (nSPS) is 16.6. The van der Waals surface area contributed by atoms with Crippen LogP contribution in [-0.4, -0.2) is 34.3 Å². The molecule has 1 aliphatic heterocycles. The number of hydrogen-bond donors (Lipinski definition) is 1. The zero-order valence-corrected chi connectivity index (χ0v) is 15.0. The fourth-order valence-corrected chi connectivity index (χ4v) is 3.04. The van der Waals surface area contributed by atoms with Crippen molar-refractivity contribution in [2.45, 2.75) is 32.7 Å². The largest absolute Gasteiger partial charge is 0.454 e. The first kappa shape index (κ1) is 17.9. The predicted molar refractivity (Wildman–Crippen MR) is 99.0 cm³/mol. The second-order valence-corrected chi connectivity index (χ2v) is 6.62. The summed E-state index contributed by atoms with van der Waals surface area (Å²) in [6.07, 6.45) is 4.79. The molecule has 1 atom stereocenters. The molecule has 1 saturated heterocycles. The van der Waals surface area contributed by atoms with Crippen LogP contribution in [0.5, 0.6) is 11.5 Å². The van der Waals surface area contributed by atoms with Gasteiger partial charge in [-0.05, 0) is 37.1 Å². The van der Waals surface area contributed by atoms with E-state index in [1.165, 1.54) is 0 Å². The van der Waals surface area contributed by atoms with Crippen LogP contribution in [0.4, 0.5) is 5.69 Å². The number of anilines is 1. The van der Waals surface area contributed by atoms with Gasteiger partial charge in [-0.15, -0.1) is 0 Å². The van der Waals surface area contributed by atoms with E-state index in [0.717, 1.165) is 6.42 Å². The number of nitrogens with zero attached hydrogens (tertiary/aromatic N) is 2. The first-order valence-corrected chi connectivity index (χ1v) is 8.84. The number of carbonyl (C=O) groups is 2. The van der Waals surface area contributed by atoms with Crippen molar-refractivity contribution in [3.05, 3.63) is 48.8 Å². The van der Waals surface area contributed by atoms with E-state index in [1.807, 2.05) is 26.0 Å². The average molecular weight is 353 g/mol. The van der Waals surface area contributed by atoms with Crippen molar-refractivity contribution >= 4 is 17.5 Å². The van der Waals surface area contributed by atoms with Crippen LogP contribution in [0.15, 0.2) is 48.8 Å². The highest BCUT2D eigenvalue weighted by Crippen LogP contribution is 2.30. The first-order chi connectivity index (χ1) is 12.6. The van der Waals surface area contributed by atoms with Gasteiger partial charge < -0.3 is 15.0 Å². The zero-order chi connectivity index (χ0) is 18.5. The first-order valence-electron chi connectivity index (χ1n) is 8.84. The van der Waals surface area contributed by atoms with E-state index in [9.17, 15) is 9.59 Å². The van der Waals surface area contributed by atoms with Gasteiger partial charge in [-0.1, -0.05) is 26.0 Å². The van der Waals surface area contributed by atoms with E-state index in [0.29, 0.717) is 30.2 Å². The van der Waals surface area contributed by atoms with Crippen LogP contribution >= 0.6 is 0 Å². The molecule has 2 amide bonds. The molecule has 0 bridgehead atoms. The van der Waals surface area contributed by atoms with Crippen molar-refractivity contribution in [2.75, 3.05) is 11.9 Å². The Balaban J connectivity index is 1.74. The lowest BCUT2D eigenvalue weighted by molar-refractivity contribution is -0.139. The molecule has 6 heteroatoms. The molecule has 1 aromatic heterocycles. The number of likely N-dealkylation sites (tertiary alicyclic amines) is 1. The smallest absolute Gasteiger partial charge is 0.247 e. The predicted octanol–water partition coefficient (Wildman–Crippen LogP) is 3.46. The summed E-state index contributed by atoms with van der Waals surface area (Å²) in [5.41, 5.74) is 0.574. The highest BCUT2D eigenvalue weighted by atomic mass is 16.5. The van der Waals surface area contributed by atoms with Crippen molar-refractivity contribution in [1.82, 2.24) is 9.88 Å². The summed E-state index contributed by atoms with van der Waals surface area (Å²) in [6, 6.07) is 10.4. The number of aromatic nitrogens is 1. The Kier molecular flexibility index (Phi) is 5.51. The summed E-state index contributed by atoms with van der Waals surface area (Å²) in [5, 5.41) is 2.92. The third-order valence-corrected chi connectivity index (χ3v) is 4.34. The van der Waals surface area contributed by atoms with Crippen LogP contribution in [0.25, 0.3) is 0 Å². The topological polar surface area (TPSA) is 71.5 Å². The fraction of sp³-hybridized carbons (Fsp3) is 0.350. The Morgan fingerprint density at radius 2 is 2.04 bits per heavy atom. The summed E-state index contributed by atoms with van der Waals surface area (Å²) in [5.74, 6) is 0.839. The molecule has 0 spiro atoms. The summed E-state index contributed by atoms with van der Waals surface area (Å²) in [7, 11) is 0. The van der Waals surface area contributed by atoms with Gasteiger partial charge in [0, 0.05) is 18.7 Å². The van der Waals surface area contributed by atoms with E-state index in [2.05, 4.69) is 10.3 Å². The minimum Gasteiger partial charge on any atom is -0.454 e. The Morgan fingerprint density at radius 1 is 1.23 bits per heavy atom. The molecule has 1 N–H and O–H groups in total. The molecule has 1 unspecified atom stereocenters. The number of para-hydroxylation sites is 2. The molecular formula is C20H23N3O3. The van der Waals surface area contributed by atoms with Crippen molar-refractivity contribution in [1.29, 1.82) is 0 Å². The van der Waals surface area contributed by atoms with Crippen LogP contribution in [0, 0.1) is 5.92 Å². The van der Waals surface area contributed by atoms with Gasteiger partial charge in [0.05, 0.1) is 11.9 Å². The van der Waals surface area contributed by atoms with Gasteiger partial charge in [0.15, 0.2) is 5.75 Å². The summed E-state index contributed by atoms with van der Waals surface area (Å²) < 4.78 is 5.83. The van der Waals surface area contributed by atoms with E-state index in [1.54, 1.807) is 41.6 Å². The minimum atomic E-state index is -0.434. The lowest BCUT2D eigenvalue weighted by Crippen LogP contribution is -2.44. The Morgan fingerprint density at radius 3 is 2.77 bits per heavy atom. The SMILES string of the molecule is CC(C)C(=O)N1CCCC1C(=O)Nc1ccccc1Oc1cccnc1. The van der Waals surface area contributed by atoms with E-state index in [4.69, 9.17) is 4.74 Å². The summed E-state index contributed by atoms with van der Waals surface area (Å²) >= 11 is 0. The zero-order valence-electron chi connectivity index (χ0n) is 15.0. The minimum absolute atomic E-state index is 0.0162. The van der Waals surface area contributed by atoms with Crippen LogP contribution in [0.2, 0.25) is 0 Å². The number of hydrogen-bond acceptors (Lipinski definition) is 4. The van der Waals surface area contributed by atoms with Crippen LogP contribution in [0.1, 0.15) is 26.7 Å². The van der Waals surface area contributed by atoms with Crippen molar-refractivity contribution in [3.8, 4) is 11.5 Å². The molecule has 3 rings (SSSR count). The fourth-order valence-electron chi connectivity index (χ4n) is 3.04. The summed E-state index contributed by atoms with van der Waals surface area (Å²) in [6.45, 7) is 4.34. The lowest BCUT2D eigenvalue weighted by Gasteiger charge is -2.26. The number of ether oxygens (including phenoxy) is 1. The molecule has 0 aliphatic carbocycles. The number of amides is 2. The van der Waals surface area contributed by atoms with Gasteiger partial charge in [-0.2, -0.15) is 0 Å². The Bertz CT molecular complexity index is 777. The van der Waals surface area contributed by atoms with Gasteiger partial charge in [0.25, 0.3) is 0 Å². The van der Waals surface area contributed by atoms with Crippen LogP contribution in [0.3, 0.4) is 0 Å². The molecule has 2 aromatic rings. The molecule has 1 aromatic carbocycles. The van der Waals surface area contributed by atoms with Crippen LogP contribution in [-0.2, 0) is 9.59 Å². The number of carbonyl (C=O) groups excluding carboxylic acids is 2. The molecule has 26 heavy (non-hydrogen) atoms. The van der Waals surface area contributed by atoms with Crippen molar-refractivity contribution in [3.63, 3.8) is 0 Å².